The maximum atomic E-state index is 10.1. The minimum atomic E-state index is -0.750. The van der Waals surface area contributed by atoms with Crippen molar-refractivity contribution in [1.29, 1.82) is 0 Å². The van der Waals surface area contributed by atoms with Gasteiger partial charge in [0.15, 0.2) is 0 Å². The molecule has 6 aromatic carbocycles. The Morgan fingerprint density at radius 2 is 1.00 bits per heavy atom. The van der Waals surface area contributed by atoms with Crippen LogP contribution < -0.4 is 5.11 Å². The molecule has 4 heteroatoms. The third-order valence-corrected chi connectivity index (χ3v) is 7.16. The van der Waals surface area contributed by atoms with Crippen LogP contribution in [0, 0.1) is 0 Å². The summed E-state index contributed by atoms with van der Waals surface area (Å²) in [5, 5.41) is 25.2. The number of allylic oxidation sites excluding steroid dienone is 2. The van der Waals surface area contributed by atoms with Crippen LogP contribution in [-0.4, -0.2) is 34.4 Å². The van der Waals surface area contributed by atoms with Crippen LogP contribution in [0.2, 0.25) is 0 Å². The minimum absolute atomic E-state index is 0. The molecule has 0 aliphatic rings. The molecule has 0 N–H and O–H groups in total. The normalized spacial score (nSPS) is 12.2. The summed E-state index contributed by atoms with van der Waals surface area (Å²) in [7, 11) is 0. The van der Waals surface area contributed by atoms with Gasteiger partial charge in [0, 0.05) is 5.71 Å². The number of rotatable bonds is 6. The Bertz CT molecular complexity index is 1820. The average molecular weight is 575 g/mol. The summed E-state index contributed by atoms with van der Waals surface area (Å²) in [5.74, 6) is 0. The van der Waals surface area contributed by atoms with E-state index in [-0.39, 0.29) is 23.1 Å². The van der Waals surface area contributed by atoms with Crippen LogP contribution in [0.5, 0.6) is 0 Å². The third-order valence-electron chi connectivity index (χ3n) is 7.16. The molecule has 0 atom stereocenters. The molecule has 0 radical (unpaired) electrons. The first-order chi connectivity index (χ1) is 20.2. The molecule has 0 saturated heterocycles. The number of fused-ring (bicyclic) bond motifs is 4. The van der Waals surface area contributed by atoms with E-state index in [4.69, 9.17) is 10.3 Å². The van der Waals surface area contributed by atoms with E-state index in [0.717, 1.165) is 11.4 Å². The Morgan fingerprint density at radius 3 is 1.40 bits per heavy atom. The van der Waals surface area contributed by atoms with Gasteiger partial charge in [0.25, 0.3) is 0 Å². The largest absolute Gasteiger partial charge is 2.00 e. The molecule has 0 saturated carbocycles. The van der Waals surface area contributed by atoms with Crippen LogP contribution >= 0.6 is 0 Å². The first-order valence-electron chi connectivity index (χ1n) is 14.5. The van der Waals surface area contributed by atoms with Gasteiger partial charge in [-0.1, -0.05) is 131 Å². The van der Waals surface area contributed by atoms with Crippen molar-refractivity contribution < 1.29 is 5.11 Å². The fourth-order valence-electron chi connectivity index (χ4n) is 5.36. The van der Waals surface area contributed by atoms with Gasteiger partial charge in [-0.2, -0.15) is 5.70 Å². The standard InChI is InChI=1S/C35H29N2.C4H9O.Mg/c1-24(36-22-34-30-15-7-3-11-26(30)20-27-12-4-8-16-31(27)34)19-25(2)37-23-35-32-17-9-5-13-28(32)21-29-14-6-10-18-33(29)35;1-4(2,3)5;/h3-21H,22-23H2,1-2H3;1-3H3;/q2*-1;+2/b24-19-,37-25?;;. The molecule has 43 heavy (non-hydrogen) atoms. The minimum Gasteiger partial charge on any atom is -0.850 e. The predicted molar refractivity (Wildman–Crippen MR) is 186 cm³/mol. The third kappa shape index (κ3) is 8.23. The maximum Gasteiger partial charge on any atom is 2.00 e. The fourth-order valence-corrected chi connectivity index (χ4v) is 5.36. The second kappa shape index (κ2) is 14.2. The van der Waals surface area contributed by atoms with Gasteiger partial charge in [-0.05, 0) is 73.3 Å². The maximum absolute atomic E-state index is 10.1. The SMILES string of the molecule is CC(/C=C(/C)[N-]Cc1c2ccccc2cc2ccccc12)=NCc1c2ccccc2cc2ccccc12.CC(C)(C)[O-].[Mg+2]. The molecule has 0 heterocycles. The first-order valence-corrected chi connectivity index (χ1v) is 14.5. The van der Waals surface area contributed by atoms with Crippen molar-refractivity contribution in [2.75, 3.05) is 0 Å². The first kappa shape index (κ1) is 32.2. The average Bonchev–Trinajstić information content (AvgIpc) is 2.96. The van der Waals surface area contributed by atoms with Gasteiger partial charge in [0.05, 0.1) is 6.54 Å². The van der Waals surface area contributed by atoms with Gasteiger partial charge in [-0.15, -0.1) is 12.1 Å². The molecular formula is C39H38MgN2O. The van der Waals surface area contributed by atoms with Crippen LogP contribution in [0.3, 0.4) is 0 Å². The topological polar surface area (TPSA) is 49.5 Å². The summed E-state index contributed by atoms with van der Waals surface area (Å²) in [4.78, 5) is 4.97. The van der Waals surface area contributed by atoms with Crippen LogP contribution in [-0.2, 0) is 13.1 Å². The van der Waals surface area contributed by atoms with Crippen LogP contribution in [0.1, 0.15) is 45.7 Å². The molecule has 0 amide bonds. The molecule has 3 nitrogen and oxygen atoms in total. The summed E-state index contributed by atoms with van der Waals surface area (Å²) >= 11 is 0. The second-order valence-electron chi connectivity index (χ2n) is 11.8. The zero-order valence-corrected chi connectivity index (χ0v) is 27.3. The van der Waals surface area contributed by atoms with Crippen LogP contribution in [0.4, 0.5) is 0 Å². The quantitative estimate of drug-likeness (QED) is 0.111. The van der Waals surface area contributed by atoms with Crippen molar-refractivity contribution in [3.63, 3.8) is 0 Å². The van der Waals surface area contributed by atoms with E-state index in [1.165, 1.54) is 54.2 Å². The van der Waals surface area contributed by atoms with Crippen molar-refractivity contribution in [3.8, 4) is 0 Å². The number of hydrogen-bond donors (Lipinski definition) is 0. The molecule has 212 valence electrons. The Kier molecular flexibility index (Phi) is 10.6. The fraction of sp³-hybridized carbons (Fsp3) is 0.205. The summed E-state index contributed by atoms with van der Waals surface area (Å²) in [6.07, 6.45) is 2.10. The predicted octanol–water partition coefficient (Wildman–Crippen LogP) is 9.50. The van der Waals surface area contributed by atoms with Crippen molar-refractivity contribution in [1.82, 2.24) is 0 Å². The Morgan fingerprint density at radius 1 is 0.651 bits per heavy atom. The van der Waals surface area contributed by atoms with Crippen molar-refractivity contribution in [2.45, 2.75) is 53.3 Å². The van der Waals surface area contributed by atoms with E-state index >= 15 is 0 Å². The Balaban J connectivity index is 0.000000654. The smallest absolute Gasteiger partial charge is 0.850 e. The van der Waals surface area contributed by atoms with Crippen LogP contribution in [0.15, 0.2) is 126 Å². The molecule has 0 spiro atoms. The van der Waals surface area contributed by atoms with E-state index in [1.807, 2.05) is 0 Å². The molecule has 0 aliphatic carbocycles. The van der Waals surface area contributed by atoms with E-state index < -0.39 is 5.60 Å². The van der Waals surface area contributed by atoms with E-state index in [1.54, 1.807) is 20.8 Å². The zero-order chi connectivity index (χ0) is 29.7. The summed E-state index contributed by atoms with van der Waals surface area (Å²) < 4.78 is 0. The van der Waals surface area contributed by atoms with Gasteiger partial charge < -0.3 is 10.4 Å². The van der Waals surface area contributed by atoms with Crippen LogP contribution in [0.25, 0.3) is 48.4 Å². The molecule has 0 aliphatic heterocycles. The molecular weight excluding hydrogens is 537 g/mol. The molecule has 6 aromatic rings. The number of hydrogen-bond acceptors (Lipinski definition) is 2. The molecule has 0 fully saturated rings. The number of nitrogens with zero attached hydrogens (tertiary/aromatic N) is 2. The van der Waals surface area contributed by atoms with E-state index in [9.17, 15) is 5.11 Å². The summed E-state index contributed by atoms with van der Waals surface area (Å²) in [6.45, 7) is 10.3. The number of benzene rings is 6. The summed E-state index contributed by atoms with van der Waals surface area (Å²) in [5.41, 5.74) is 3.78. The van der Waals surface area contributed by atoms with Gasteiger partial charge in [0.1, 0.15) is 0 Å². The molecule has 0 unspecified atom stereocenters. The molecule has 0 bridgehead atoms. The van der Waals surface area contributed by atoms with Crippen molar-refractivity contribution in [2.24, 2.45) is 4.99 Å². The Labute approximate surface area is 271 Å². The summed E-state index contributed by atoms with van der Waals surface area (Å²) in [6, 6.07) is 38.9. The van der Waals surface area contributed by atoms with E-state index in [0.29, 0.717) is 13.1 Å². The van der Waals surface area contributed by atoms with E-state index in [2.05, 4.69) is 129 Å². The molecule has 6 rings (SSSR count). The second-order valence-corrected chi connectivity index (χ2v) is 11.8. The zero-order valence-electron chi connectivity index (χ0n) is 25.9. The number of aliphatic imine (C=N–C) groups is 1. The van der Waals surface area contributed by atoms with Crippen molar-refractivity contribution >= 4 is 71.9 Å². The van der Waals surface area contributed by atoms with Gasteiger partial charge in [-0.3, -0.25) is 4.99 Å². The Hall–Kier alpha value is -3.70. The monoisotopic (exact) mass is 574 g/mol. The molecule has 0 aromatic heterocycles. The van der Waals surface area contributed by atoms with Gasteiger partial charge in [-0.25, -0.2) is 0 Å². The van der Waals surface area contributed by atoms with Gasteiger partial charge in [0.2, 0.25) is 0 Å². The van der Waals surface area contributed by atoms with Crippen molar-refractivity contribution in [3.05, 3.63) is 137 Å². The van der Waals surface area contributed by atoms with Gasteiger partial charge >= 0.3 is 23.1 Å².